The first kappa shape index (κ1) is 24.8. The second-order valence-electron chi connectivity index (χ2n) is 8.54. The first-order valence-corrected chi connectivity index (χ1v) is 11.6. The van der Waals surface area contributed by atoms with Crippen LogP contribution < -0.4 is 0 Å². The zero-order valence-corrected chi connectivity index (χ0v) is 20.5. The van der Waals surface area contributed by atoms with Gasteiger partial charge in [-0.3, -0.25) is 4.79 Å². The van der Waals surface area contributed by atoms with E-state index in [0.717, 1.165) is 25.1 Å². The van der Waals surface area contributed by atoms with Crippen molar-refractivity contribution in [2.75, 3.05) is 20.2 Å². The number of piperidine rings is 1. The highest BCUT2D eigenvalue weighted by molar-refractivity contribution is 6.38. The molecule has 0 spiro atoms. The maximum absolute atomic E-state index is 13.3. The Kier molecular flexibility index (Phi) is 6.86. The van der Waals surface area contributed by atoms with Crippen molar-refractivity contribution in [2.45, 2.75) is 45.4 Å². The number of carbonyl (C=O) groups is 1. The lowest BCUT2D eigenvalue weighted by atomic mass is 10.0. The van der Waals surface area contributed by atoms with Gasteiger partial charge in [0.2, 0.25) is 0 Å². The molecule has 2 aromatic heterocycles. The predicted molar refractivity (Wildman–Crippen MR) is 125 cm³/mol. The van der Waals surface area contributed by atoms with Crippen LogP contribution in [0.15, 0.2) is 24.4 Å². The first-order chi connectivity index (χ1) is 16.0. The van der Waals surface area contributed by atoms with E-state index in [1.165, 1.54) is 4.40 Å². The molecule has 1 amide bonds. The second-order valence-corrected chi connectivity index (χ2v) is 9.32. The first-order valence-electron chi connectivity index (χ1n) is 10.9. The number of fused-ring (bicyclic) bond motifs is 1. The number of benzene rings is 1. The molecule has 4 rings (SSSR count). The van der Waals surface area contributed by atoms with E-state index in [-0.39, 0.29) is 23.5 Å². The number of rotatable bonds is 4. The minimum atomic E-state index is -4.46. The molecule has 1 fully saturated rings. The number of hydrogen-bond acceptors (Lipinski definition) is 3. The van der Waals surface area contributed by atoms with E-state index in [4.69, 9.17) is 27.9 Å². The van der Waals surface area contributed by atoms with Crippen LogP contribution in [0.5, 0.6) is 0 Å². The largest absolute Gasteiger partial charge is 0.417 e. The van der Waals surface area contributed by atoms with Crippen LogP contribution in [0.25, 0.3) is 5.65 Å². The molecule has 1 aliphatic rings. The molecule has 1 aliphatic heterocycles. The predicted octanol–water partition coefficient (Wildman–Crippen LogP) is 6.12. The Balaban J connectivity index is 1.68. The van der Waals surface area contributed by atoms with Gasteiger partial charge in [0.25, 0.3) is 5.91 Å². The lowest BCUT2D eigenvalue weighted by Crippen LogP contribution is -2.40. The molecular weight excluding hydrogens is 490 g/mol. The van der Waals surface area contributed by atoms with Crippen molar-refractivity contribution in [3.8, 4) is 0 Å². The number of halogens is 5. The topological polar surface area (TPSA) is 46.8 Å². The number of carbonyl (C=O) groups excluding carboxylic acids is 1. The van der Waals surface area contributed by atoms with Crippen molar-refractivity contribution in [1.29, 1.82) is 0 Å². The van der Waals surface area contributed by atoms with Gasteiger partial charge in [0.1, 0.15) is 5.65 Å². The number of methoxy groups -OCH3 is 1. The molecule has 5 nitrogen and oxygen atoms in total. The van der Waals surface area contributed by atoms with Crippen molar-refractivity contribution in [2.24, 2.45) is 0 Å². The number of aryl methyl sites for hydroxylation is 2. The maximum Gasteiger partial charge on any atom is 0.417 e. The summed E-state index contributed by atoms with van der Waals surface area (Å²) in [5, 5.41) is 0.597. The smallest absolute Gasteiger partial charge is 0.381 e. The van der Waals surface area contributed by atoms with Crippen LogP contribution in [0.3, 0.4) is 0 Å². The van der Waals surface area contributed by atoms with Gasteiger partial charge >= 0.3 is 6.18 Å². The Morgan fingerprint density at radius 3 is 2.50 bits per heavy atom. The summed E-state index contributed by atoms with van der Waals surface area (Å²) < 4.78 is 46.7. The number of ether oxygens (including phenoxy) is 1. The number of amides is 1. The summed E-state index contributed by atoms with van der Waals surface area (Å²) in [7, 11) is 1.66. The van der Waals surface area contributed by atoms with E-state index in [1.807, 2.05) is 0 Å². The number of pyridine rings is 1. The molecule has 0 atom stereocenters. The van der Waals surface area contributed by atoms with Crippen molar-refractivity contribution >= 4 is 34.8 Å². The summed E-state index contributed by atoms with van der Waals surface area (Å²) in [6.45, 7) is 4.43. The summed E-state index contributed by atoms with van der Waals surface area (Å²) >= 11 is 13.1. The van der Waals surface area contributed by atoms with Gasteiger partial charge in [0.15, 0.2) is 0 Å². The SMILES string of the molecule is COC1CCN(C(=O)c2ccc(Cl)c(Cc3nc4c(C)cc(C(F)(F)F)cn4c3C)c2Cl)CC1. The Hall–Kier alpha value is -2.29. The van der Waals surface area contributed by atoms with Crippen LogP contribution >= 0.6 is 23.2 Å². The van der Waals surface area contributed by atoms with E-state index in [2.05, 4.69) is 4.98 Å². The molecule has 1 aromatic carbocycles. The Labute approximate surface area is 205 Å². The zero-order chi connectivity index (χ0) is 24.8. The van der Waals surface area contributed by atoms with Gasteiger partial charge in [-0.15, -0.1) is 0 Å². The van der Waals surface area contributed by atoms with Crippen molar-refractivity contribution in [3.05, 3.63) is 68.1 Å². The lowest BCUT2D eigenvalue weighted by Gasteiger charge is -2.31. The Bertz CT molecular complexity index is 1250. The molecule has 0 bridgehead atoms. The van der Waals surface area contributed by atoms with Gasteiger partial charge < -0.3 is 14.0 Å². The van der Waals surface area contributed by atoms with Gasteiger partial charge in [-0.2, -0.15) is 13.2 Å². The fourth-order valence-electron chi connectivity index (χ4n) is 4.35. The molecular formula is C24H24Cl2F3N3O2. The van der Waals surface area contributed by atoms with Crippen LogP contribution in [-0.4, -0.2) is 46.5 Å². The van der Waals surface area contributed by atoms with Gasteiger partial charge in [-0.25, -0.2) is 4.98 Å². The summed E-state index contributed by atoms with van der Waals surface area (Å²) in [5.74, 6) is -0.185. The van der Waals surface area contributed by atoms with Gasteiger partial charge in [0, 0.05) is 43.5 Å². The summed E-state index contributed by atoms with van der Waals surface area (Å²) in [5.41, 5.74) is 2.04. The molecule has 34 heavy (non-hydrogen) atoms. The summed E-state index contributed by atoms with van der Waals surface area (Å²) in [6.07, 6.45) is -1.60. The molecule has 0 unspecified atom stereocenters. The fraction of sp³-hybridized carbons (Fsp3) is 0.417. The highest BCUT2D eigenvalue weighted by Crippen LogP contribution is 2.34. The van der Waals surface area contributed by atoms with E-state index in [0.29, 0.717) is 51.8 Å². The van der Waals surface area contributed by atoms with Crippen LogP contribution in [0.4, 0.5) is 13.2 Å². The zero-order valence-electron chi connectivity index (χ0n) is 19.0. The molecule has 0 radical (unpaired) electrons. The average molecular weight is 514 g/mol. The second kappa shape index (κ2) is 9.40. The molecule has 0 saturated carbocycles. The van der Waals surface area contributed by atoms with E-state index < -0.39 is 11.7 Å². The summed E-state index contributed by atoms with van der Waals surface area (Å²) in [4.78, 5) is 19.5. The monoisotopic (exact) mass is 513 g/mol. The Morgan fingerprint density at radius 1 is 1.21 bits per heavy atom. The van der Waals surface area contributed by atoms with Crippen LogP contribution in [0, 0.1) is 13.8 Å². The van der Waals surface area contributed by atoms with E-state index in [1.54, 1.807) is 38.0 Å². The number of hydrogen-bond donors (Lipinski definition) is 0. The van der Waals surface area contributed by atoms with Gasteiger partial charge in [0.05, 0.1) is 27.9 Å². The number of likely N-dealkylation sites (tertiary alicyclic amines) is 1. The third-order valence-electron chi connectivity index (χ3n) is 6.39. The molecule has 0 aliphatic carbocycles. The lowest BCUT2D eigenvalue weighted by molar-refractivity contribution is -0.137. The molecule has 10 heteroatoms. The number of aromatic nitrogens is 2. The van der Waals surface area contributed by atoms with Crippen molar-refractivity contribution in [3.63, 3.8) is 0 Å². The standard InChI is InChI=1S/C24H24Cl2F3N3O2/c1-13-10-15(24(27,28)29)12-32-14(2)20(30-22(13)32)11-18-19(25)5-4-17(21(18)26)23(33)31-8-6-16(34-3)7-9-31/h4-5,10,12,16H,6-9,11H2,1-3H3. The highest BCUT2D eigenvalue weighted by atomic mass is 35.5. The number of nitrogens with zero attached hydrogens (tertiary/aromatic N) is 3. The molecule has 3 aromatic rings. The molecule has 0 N–H and O–H groups in total. The number of imidazole rings is 1. The van der Waals surface area contributed by atoms with Crippen LogP contribution in [-0.2, 0) is 17.3 Å². The maximum atomic E-state index is 13.3. The molecule has 182 valence electrons. The van der Waals surface area contributed by atoms with Gasteiger partial charge in [-0.05, 0) is 56.0 Å². The van der Waals surface area contributed by atoms with E-state index in [9.17, 15) is 18.0 Å². The van der Waals surface area contributed by atoms with Crippen molar-refractivity contribution < 1.29 is 22.7 Å². The Morgan fingerprint density at radius 2 is 1.88 bits per heavy atom. The summed E-state index contributed by atoms with van der Waals surface area (Å²) in [6, 6.07) is 4.31. The van der Waals surface area contributed by atoms with E-state index >= 15 is 0 Å². The van der Waals surface area contributed by atoms with Crippen LogP contribution in [0.1, 0.15) is 51.3 Å². The number of alkyl halides is 3. The minimum Gasteiger partial charge on any atom is -0.381 e. The minimum absolute atomic E-state index is 0.139. The van der Waals surface area contributed by atoms with Gasteiger partial charge in [-0.1, -0.05) is 23.2 Å². The average Bonchev–Trinajstić information content (AvgIpc) is 3.12. The quantitative estimate of drug-likeness (QED) is 0.422. The highest BCUT2D eigenvalue weighted by Gasteiger charge is 2.32. The third-order valence-corrected chi connectivity index (χ3v) is 7.18. The fourth-order valence-corrected chi connectivity index (χ4v) is 4.94. The van der Waals surface area contributed by atoms with Crippen LogP contribution in [0.2, 0.25) is 10.0 Å². The van der Waals surface area contributed by atoms with Crippen molar-refractivity contribution in [1.82, 2.24) is 14.3 Å². The normalized spacial score (nSPS) is 15.4. The molecule has 1 saturated heterocycles. The third kappa shape index (κ3) is 4.63. The molecule has 3 heterocycles.